The van der Waals surface area contributed by atoms with Crippen LogP contribution in [0.25, 0.3) is 0 Å². The van der Waals surface area contributed by atoms with Crippen LogP contribution in [-0.4, -0.2) is 45.6 Å². The Hall–Kier alpha value is -2.34. The van der Waals surface area contributed by atoms with E-state index in [1.54, 1.807) is 53.3 Å². The number of hydrogen-bond acceptors (Lipinski definition) is 3. The van der Waals surface area contributed by atoms with Crippen molar-refractivity contribution in [1.29, 1.82) is 0 Å². The Morgan fingerprint density at radius 3 is 2.58 bits per heavy atom. The van der Waals surface area contributed by atoms with Crippen LogP contribution >= 0.6 is 11.6 Å². The number of amides is 2. The second-order valence-corrected chi connectivity index (χ2v) is 6.33. The first-order chi connectivity index (χ1) is 11.5. The minimum Gasteiger partial charge on any atom is -0.349 e. The Labute approximate surface area is 145 Å². The molecule has 2 amide bonds. The summed E-state index contributed by atoms with van der Waals surface area (Å²) in [6.45, 7) is 1.20. The molecule has 1 aliphatic rings. The second kappa shape index (κ2) is 7.05. The molecule has 6 nitrogen and oxygen atoms in total. The molecule has 0 bridgehead atoms. The maximum Gasteiger partial charge on any atom is 0.255 e. The lowest BCUT2D eigenvalue weighted by Crippen LogP contribution is -2.46. The average Bonchev–Trinajstić information content (AvgIpc) is 3.02. The summed E-state index contributed by atoms with van der Waals surface area (Å²) in [5.74, 6) is -0.184. The van der Waals surface area contributed by atoms with Gasteiger partial charge in [0.05, 0.1) is 22.3 Å². The van der Waals surface area contributed by atoms with Gasteiger partial charge in [0, 0.05) is 32.4 Å². The minimum absolute atomic E-state index is 0.0577. The third-order valence-corrected chi connectivity index (χ3v) is 4.52. The summed E-state index contributed by atoms with van der Waals surface area (Å²) in [6.07, 6.45) is 4.68. The first-order valence-corrected chi connectivity index (χ1v) is 8.25. The summed E-state index contributed by atoms with van der Waals surface area (Å²) in [6, 6.07) is 7.13. The highest BCUT2D eigenvalue weighted by Gasteiger charge is 2.26. The summed E-state index contributed by atoms with van der Waals surface area (Å²) in [7, 11) is 1.77. The van der Waals surface area contributed by atoms with E-state index in [4.69, 9.17) is 11.6 Å². The van der Waals surface area contributed by atoms with E-state index in [2.05, 4.69) is 10.4 Å². The fourth-order valence-electron chi connectivity index (χ4n) is 2.84. The van der Waals surface area contributed by atoms with Crippen LogP contribution in [0.5, 0.6) is 0 Å². The number of aryl methyl sites for hydroxylation is 1. The van der Waals surface area contributed by atoms with Crippen LogP contribution in [0.4, 0.5) is 0 Å². The molecule has 1 aliphatic heterocycles. The number of halogens is 1. The predicted octanol–water partition coefficient (Wildman–Crippen LogP) is 2.11. The lowest BCUT2D eigenvalue weighted by molar-refractivity contribution is 0.0698. The van der Waals surface area contributed by atoms with E-state index < -0.39 is 0 Å². The third kappa shape index (κ3) is 3.59. The molecule has 1 fully saturated rings. The first kappa shape index (κ1) is 16.5. The molecule has 7 heteroatoms. The van der Waals surface area contributed by atoms with Gasteiger partial charge in [0.2, 0.25) is 0 Å². The van der Waals surface area contributed by atoms with Gasteiger partial charge in [-0.15, -0.1) is 0 Å². The Bertz CT molecular complexity index is 751. The normalized spacial score (nSPS) is 15.3. The highest BCUT2D eigenvalue weighted by atomic mass is 35.5. The van der Waals surface area contributed by atoms with Crippen molar-refractivity contribution in [3.8, 4) is 0 Å². The van der Waals surface area contributed by atoms with Gasteiger partial charge in [0.1, 0.15) is 0 Å². The van der Waals surface area contributed by atoms with Gasteiger partial charge < -0.3 is 10.2 Å². The lowest BCUT2D eigenvalue weighted by Gasteiger charge is -2.32. The van der Waals surface area contributed by atoms with Crippen molar-refractivity contribution >= 4 is 23.4 Å². The van der Waals surface area contributed by atoms with E-state index in [1.807, 2.05) is 0 Å². The number of hydrogen-bond donors (Lipinski definition) is 1. The van der Waals surface area contributed by atoms with Crippen molar-refractivity contribution in [2.75, 3.05) is 13.1 Å². The zero-order valence-electron chi connectivity index (χ0n) is 13.4. The Morgan fingerprint density at radius 1 is 1.25 bits per heavy atom. The monoisotopic (exact) mass is 346 g/mol. The Balaban J connectivity index is 1.55. The number of likely N-dealkylation sites (tertiary alicyclic amines) is 1. The van der Waals surface area contributed by atoms with Crippen molar-refractivity contribution in [3.63, 3.8) is 0 Å². The molecule has 2 aromatic rings. The molecule has 126 valence electrons. The Morgan fingerprint density at radius 2 is 1.96 bits per heavy atom. The number of benzene rings is 1. The fraction of sp³-hybridized carbons (Fsp3) is 0.353. The molecular formula is C17H19ClN4O2. The molecule has 3 rings (SSSR count). The highest BCUT2D eigenvalue weighted by molar-refractivity contribution is 6.33. The number of rotatable bonds is 3. The van der Waals surface area contributed by atoms with Crippen molar-refractivity contribution in [1.82, 2.24) is 20.0 Å². The smallest absolute Gasteiger partial charge is 0.255 e. The van der Waals surface area contributed by atoms with Gasteiger partial charge in [-0.05, 0) is 25.0 Å². The zero-order chi connectivity index (χ0) is 17.1. The van der Waals surface area contributed by atoms with Gasteiger partial charge in [-0.1, -0.05) is 23.7 Å². The van der Waals surface area contributed by atoms with Crippen molar-refractivity contribution in [2.45, 2.75) is 18.9 Å². The van der Waals surface area contributed by atoms with Crippen LogP contribution < -0.4 is 5.32 Å². The van der Waals surface area contributed by atoms with Crippen LogP contribution in [0.15, 0.2) is 36.7 Å². The van der Waals surface area contributed by atoms with E-state index in [0.29, 0.717) is 29.2 Å². The molecule has 1 aromatic heterocycles. The summed E-state index contributed by atoms with van der Waals surface area (Å²) < 4.78 is 1.60. The highest BCUT2D eigenvalue weighted by Crippen LogP contribution is 2.20. The molecule has 0 atom stereocenters. The number of nitrogens with zero attached hydrogens (tertiary/aromatic N) is 3. The fourth-order valence-corrected chi connectivity index (χ4v) is 3.06. The molecular weight excluding hydrogens is 328 g/mol. The summed E-state index contributed by atoms with van der Waals surface area (Å²) in [4.78, 5) is 26.4. The van der Waals surface area contributed by atoms with Gasteiger partial charge in [-0.3, -0.25) is 14.3 Å². The molecule has 1 N–H and O–H groups in total. The van der Waals surface area contributed by atoms with E-state index in [1.165, 1.54) is 0 Å². The quantitative estimate of drug-likeness (QED) is 0.925. The molecule has 2 heterocycles. The van der Waals surface area contributed by atoms with Crippen LogP contribution in [-0.2, 0) is 7.05 Å². The van der Waals surface area contributed by atoms with E-state index in [-0.39, 0.29) is 17.9 Å². The third-order valence-electron chi connectivity index (χ3n) is 4.19. The Kier molecular flexibility index (Phi) is 4.85. The SMILES string of the molecule is Cn1cc(C(=O)NC2CCN(C(=O)c3ccccc3Cl)CC2)cn1. The molecule has 0 unspecified atom stereocenters. The summed E-state index contributed by atoms with van der Waals surface area (Å²) in [5.41, 5.74) is 1.07. The molecule has 1 saturated heterocycles. The van der Waals surface area contributed by atoms with Crippen molar-refractivity contribution < 1.29 is 9.59 Å². The number of carbonyl (C=O) groups is 2. The molecule has 0 aliphatic carbocycles. The lowest BCUT2D eigenvalue weighted by atomic mass is 10.0. The van der Waals surface area contributed by atoms with Gasteiger partial charge in [-0.2, -0.15) is 5.10 Å². The molecule has 0 spiro atoms. The molecule has 0 radical (unpaired) electrons. The van der Waals surface area contributed by atoms with Gasteiger partial charge in [-0.25, -0.2) is 0 Å². The van der Waals surface area contributed by atoms with Gasteiger partial charge >= 0.3 is 0 Å². The van der Waals surface area contributed by atoms with Gasteiger partial charge in [0.15, 0.2) is 0 Å². The molecule has 24 heavy (non-hydrogen) atoms. The minimum atomic E-state index is -0.126. The summed E-state index contributed by atoms with van der Waals surface area (Å²) >= 11 is 6.09. The zero-order valence-corrected chi connectivity index (χ0v) is 14.2. The summed E-state index contributed by atoms with van der Waals surface area (Å²) in [5, 5.41) is 7.47. The van der Waals surface area contributed by atoms with Crippen LogP contribution in [0.1, 0.15) is 33.6 Å². The maximum absolute atomic E-state index is 12.5. The van der Waals surface area contributed by atoms with E-state index >= 15 is 0 Å². The van der Waals surface area contributed by atoms with Crippen molar-refractivity contribution in [3.05, 3.63) is 52.8 Å². The number of piperidine rings is 1. The van der Waals surface area contributed by atoms with Crippen LogP contribution in [0.3, 0.4) is 0 Å². The molecule has 1 aromatic carbocycles. The maximum atomic E-state index is 12.5. The van der Waals surface area contributed by atoms with Crippen LogP contribution in [0, 0.1) is 0 Å². The number of carbonyl (C=O) groups excluding carboxylic acids is 2. The number of nitrogens with one attached hydrogen (secondary N) is 1. The largest absolute Gasteiger partial charge is 0.349 e. The second-order valence-electron chi connectivity index (χ2n) is 5.92. The first-order valence-electron chi connectivity index (χ1n) is 7.88. The molecule has 0 saturated carbocycles. The average molecular weight is 347 g/mol. The topological polar surface area (TPSA) is 67.2 Å². The standard InChI is InChI=1S/C17H19ClN4O2/c1-21-11-12(10-19-21)16(23)20-13-6-8-22(9-7-13)17(24)14-4-2-3-5-15(14)18/h2-5,10-11,13H,6-9H2,1H3,(H,20,23). The van der Waals surface area contributed by atoms with Crippen LogP contribution in [0.2, 0.25) is 5.02 Å². The predicted molar refractivity (Wildman–Crippen MR) is 91.1 cm³/mol. The van der Waals surface area contributed by atoms with Crippen molar-refractivity contribution in [2.24, 2.45) is 7.05 Å². The van der Waals surface area contributed by atoms with Gasteiger partial charge in [0.25, 0.3) is 11.8 Å². The number of aromatic nitrogens is 2. The van der Waals surface area contributed by atoms with E-state index in [0.717, 1.165) is 12.8 Å². The van der Waals surface area contributed by atoms with E-state index in [9.17, 15) is 9.59 Å².